The van der Waals surface area contributed by atoms with Crippen LogP contribution in [0.4, 0.5) is 10.1 Å². The molecule has 0 radical (unpaired) electrons. The summed E-state index contributed by atoms with van der Waals surface area (Å²) in [6.07, 6.45) is 0. The Bertz CT molecular complexity index is 740. The second kappa shape index (κ2) is 5.88. The van der Waals surface area contributed by atoms with Crippen LogP contribution in [0.2, 0.25) is 0 Å². The van der Waals surface area contributed by atoms with Gasteiger partial charge in [-0.2, -0.15) is 9.65 Å². The molecule has 0 saturated heterocycles. The van der Waals surface area contributed by atoms with Gasteiger partial charge in [0.2, 0.25) is 5.82 Å². The summed E-state index contributed by atoms with van der Waals surface area (Å²) in [7, 11) is 1.46. The Morgan fingerprint density at radius 3 is 2.52 bits per heavy atom. The van der Waals surface area contributed by atoms with E-state index < -0.39 is 16.4 Å². The topological polar surface area (TPSA) is 85.4 Å². The van der Waals surface area contributed by atoms with Gasteiger partial charge in [-0.15, -0.1) is 0 Å². The van der Waals surface area contributed by atoms with E-state index in [1.165, 1.54) is 25.3 Å². The van der Waals surface area contributed by atoms with Crippen LogP contribution in [0.3, 0.4) is 0 Å². The number of methoxy groups -OCH3 is 1. The van der Waals surface area contributed by atoms with Gasteiger partial charge in [0.1, 0.15) is 23.3 Å². The first-order valence-corrected chi connectivity index (χ1v) is 5.75. The average molecular weight is 288 g/mol. The van der Waals surface area contributed by atoms with Crippen molar-refractivity contribution in [3.05, 3.63) is 57.9 Å². The fourth-order valence-corrected chi connectivity index (χ4v) is 1.63. The molecule has 0 heterocycles. The van der Waals surface area contributed by atoms with Crippen molar-refractivity contribution in [2.24, 2.45) is 0 Å². The Balaban J connectivity index is 2.36. The smallest absolute Gasteiger partial charge is 0.305 e. The minimum atomic E-state index is -1.01. The van der Waals surface area contributed by atoms with Crippen LogP contribution in [-0.4, -0.2) is 12.0 Å². The van der Waals surface area contributed by atoms with E-state index in [1.807, 2.05) is 6.07 Å². The number of hydrogen-bond acceptors (Lipinski definition) is 5. The average Bonchev–Trinajstić information content (AvgIpc) is 2.46. The summed E-state index contributed by atoms with van der Waals surface area (Å²) in [5.41, 5.74) is -0.414. The summed E-state index contributed by atoms with van der Waals surface area (Å²) in [6.45, 7) is 0. The molecule has 0 saturated carbocycles. The lowest BCUT2D eigenvalue weighted by atomic mass is 10.2. The third kappa shape index (κ3) is 3.06. The maximum absolute atomic E-state index is 13.5. The summed E-state index contributed by atoms with van der Waals surface area (Å²) in [4.78, 5) is 9.71. The Hall–Kier alpha value is -3.14. The zero-order chi connectivity index (χ0) is 15.4. The number of nitro groups is 1. The highest BCUT2D eigenvalue weighted by atomic mass is 19.1. The molecule has 2 aromatic carbocycles. The number of nitro benzene ring substituents is 1. The third-order valence-electron chi connectivity index (χ3n) is 2.65. The van der Waals surface area contributed by atoms with Crippen LogP contribution in [0.5, 0.6) is 17.2 Å². The first-order valence-electron chi connectivity index (χ1n) is 5.75. The van der Waals surface area contributed by atoms with Gasteiger partial charge in [0.25, 0.3) is 0 Å². The van der Waals surface area contributed by atoms with Crippen LogP contribution in [0.1, 0.15) is 5.56 Å². The first-order chi connectivity index (χ1) is 10.0. The SMILES string of the molecule is COc1ccc(C#N)c(Oc2ccc([N+](=O)[O-])c(F)c2)c1. The number of rotatable bonds is 4. The zero-order valence-electron chi connectivity index (χ0n) is 10.9. The van der Waals surface area contributed by atoms with E-state index in [1.54, 1.807) is 6.07 Å². The molecule has 0 N–H and O–H groups in total. The number of nitrogens with zero attached hydrogens (tertiary/aromatic N) is 2. The van der Waals surface area contributed by atoms with Crippen LogP contribution in [0.25, 0.3) is 0 Å². The lowest BCUT2D eigenvalue weighted by Crippen LogP contribution is -1.94. The van der Waals surface area contributed by atoms with Gasteiger partial charge >= 0.3 is 5.69 Å². The van der Waals surface area contributed by atoms with Crippen molar-refractivity contribution < 1.29 is 18.8 Å². The third-order valence-corrected chi connectivity index (χ3v) is 2.65. The molecule has 0 amide bonds. The summed E-state index contributed by atoms with van der Waals surface area (Å²) < 4.78 is 23.9. The van der Waals surface area contributed by atoms with E-state index in [0.29, 0.717) is 5.75 Å². The molecule has 0 aliphatic carbocycles. The Morgan fingerprint density at radius 1 is 1.24 bits per heavy atom. The van der Waals surface area contributed by atoms with Gasteiger partial charge in [-0.3, -0.25) is 10.1 Å². The number of nitriles is 1. The molecule has 106 valence electrons. The molecule has 7 heteroatoms. The van der Waals surface area contributed by atoms with Crippen molar-refractivity contribution in [2.45, 2.75) is 0 Å². The molecule has 0 fully saturated rings. The summed E-state index contributed by atoms with van der Waals surface area (Å²) in [5.74, 6) is -0.335. The lowest BCUT2D eigenvalue weighted by molar-refractivity contribution is -0.387. The molecule has 0 aromatic heterocycles. The molecule has 0 unspecified atom stereocenters. The Morgan fingerprint density at radius 2 is 1.95 bits per heavy atom. The quantitative estimate of drug-likeness (QED) is 0.635. The van der Waals surface area contributed by atoms with Crippen LogP contribution in [0, 0.1) is 27.3 Å². The Labute approximate surface area is 119 Å². The molecule has 6 nitrogen and oxygen atoms in total. The summed E-state index contributed by atoms with van der Waals surface area (Å²) >= 11 is 0. The van der Waals surface area contributed by atoms with E-state index >= 15 is 0 Å². The number of halogens is 1. The first kappa shape index (κ1) is 14.3. The number of hydrogen-bond donors (Lipinski definition) is 0. The molecule has 0 aliphatic heterocycles. The number of benzene rings is 2. The number of ether oxygens (including phenoxy) is 2. The maximum Gasteiger partial charge on any atom is 0.305 e. The fraction of sp³-hybridized carbons (Fsp3) is 0.0714. The van der Waals surface area contributed by atoms with Crippen molar-refractivity contribution in [3.63, 3.8) is 0 Å². The van der Waals surface area contributed by atoms with Gasteiger partial charge in [0.05, 0.1) is 17.6 Å². The predicted molar refractivity (Wildman–Crippen MR) is 70.8 cm³/mol. The van der Waals surface area contributed by atoms with E-state index in [-0.39, 0.29) is 17.1 Å². The van der Waals surface area contributed by atoms with E-state index in [2.05, 4.69) is 0 Å². The Kier molecular flexibility index (Phi) is 4.00. The maximum atomic E-state index is 13.5. The minimum Gasteiger partial charge on any atom is -0.497 e. The highest BCUT2D eigenvalue weighted by molar-refractivity contribution is 5.50. The van der Waals surface area contributed by atoms with Gasteiger partial charge in [-0.05, 0) is 18.2 Å². The predicted octanol–water partition coefficient (Wildman–Crippen LogP) is 3.41. The van der Waals surface area contributed by atoms with Crippen LogP contribution >= 0.6 is 0 Å². The normalized spacial score (nSPS) is 9.76. The van der Waals surface area contributed by atoms with Crippen molar-refractivity contribution in [1.82, 2.24) is 0 Å². The van der Waals surface area contributed by atoms with Gasteiger partial charge in [-0.25, -0.2) is 0 Å². The standard InChI is InChI=1S/C14H9FN2O4/c1-20-10-3-2-9(8-16)14(7-10)21-11-4-5-13(17(18)19)12(15)6-11/h2-7H,1H3. The van der Waals surface area contributed by atoms with Crippen LogP contribution < -0.4 is 9.47 Å². The second-order valence-electron chi connectivity index (χ2n) is 3.95. The monoisotopic (exact) mass is 288 g/mol. The zero-order valence-corrected chi connectivity index (χ0v) is 10.9. The minimum absolute atomic E-state index is 0.0443. The molecule has 0 aliphatic rings. The van der Waals surface area contributed by atoms with E-state index in [0.717, 1.165) is 12.1 Å². The molecule has 0 spiro atoms. The molecule has 2 aromatic rings. The molecule has 0 atom stereocenters. The molecule has 21 heavy (non-hydrogen) atoms. The van der Waals surface area contributed by atoms with E-state index in [9.17, 15) is 14.5 Å². The van der Waals surface area contributed by atoms with Crippen molar-refractivity contribution >= 4 is 5.69 Å². The van der Waals surface area contributed by atoms with Gasteiger partial charge in [0.15, 0.2) is 0 Å². The molecule has 2 rings (SSSR count). The highest BCUT2D eigenvalue weighted by Crippen LogP contribution is 2.31. The summed E-state index contributed by atoms with van der Waals surface area (Å²) in [5, 5.41) is 19.5. The van der Waals surface area contributed by atoms with E-state index in [4.69, 9.17) is 14.7 Å². The van der Waals surface area contributed by atoms with Crippen molar-refractivity contribution in [2.75, 3.05) is 7.11 Å². The largest absolute Gasteiger partial charge is 0.497 e. The van der Waals surface area contributed by atoms with Crippen LogP contribution in [0.15, 0.2) is 36.4 Å². The van der Waals surface area contributed by atoms with Gasteiger partial charge in [0, 0.05) is 18.2 Å². The van der Waals surface area contributed by atoms with Crippen molar-refractivity contribution in [1.29, 1.82) is 5.26 Å². The molecular formula is C14H9FN2O4. The van der Waals surface area contributed by atoms with Gasteiger partial charge < -0.3 is 9.47 Å². The molecule has 0 bridgehead atoms. The second-order valence-corrected chi connectivity index (χ2v) is 3.95. The van der Waals surface area contributed by atoms with Crippen molar-refractivity contribution in [3.8, 4) is 23.3 Å². The highest BCUT2D eigenvalue weighted by Gasteiger charge is 2.15. The molecular weight excluding hydrogens is 279 g/mol. The van der Waals surface area contributed by atoms with Gasteiger partial charge in [-0.1, -0.05) is 0 Å². The van der Waals surface area contributed by atoms with Crippen LogP contribution in [-0.2, 0) is 0 Å². The lowest BCUT2D eigenvalue weighted by Gasteiger charge is -2.09. The summed E-state index contributed by atoms with van der Waals surface area (Å²) in [6, 6.07) is 9.62. The fourth-order valence-electron chi connectivity index (χ4n) is 1.63.